The number of carbonyl (C=O) groups excluding carboxylic acids is 1. The van der Waals surface area contributed by atoms with Crippen molar-refractivity contribution >= 4 is 24.0 Å². The Hall–Kier alpha value is -2.04. The Morgan fingerprint density at radius 1 is 1.24 bits per heavy atom. The summed E-state index contributed by atoms with van der Waals surface area (Å²) >= 11 is 0. The maximum atomic E-state index is 13.3. The van der Waals surface area contributed by atoms with Gasteiger partial charge in [0.1, 0.15) is 5.75 Å². The molecular formula is C20H23ClN2O2. The standard InChI is InChI=1S/C20H22N2O2.ClH/c1-3-13-8-12(2)19-14(9-13)15-10-21-11-17(15)22(20(19)24)16-6-4-5-7-18(16)23;/h4-9,15,17,21,23H,3,10-11H2,1-2H3;1H/t15-,17+;/m0./s1. The van der Waals surface area contributed by atoms with E-state index in [0.717, 1.165) is 30.6 Å². The number of halogens is 1. The number of aromatic hydroxyl groups is 1. The van der Waals surface area contributed by atoms with Gasteiger partial charge in [0.25, 0.3) is 5.91 Å². The van der Waals surface area contributed by atoms with Gasteiger partial charge in [-0.25, -0.2) is 0 Å². The number of nitrogens with one attached hydrogen (secondary N) is 1. The number of carbonyl (C=O) groups is 1. The maximum absolute atomic E-state index is 13.3. The molecule has 0 radical (unpaired) electrons. The number of fused-ring (bicyclic) bond motifs is 3. The zero-order valence-electron chi connectivity index (χ0n) is 14.5. The first-order valence-corrected chi connectivity index (χ1v) is 8.57. The molecular weight excluding hydrogens is 336 g/mol. The highest BCUT2D eigenvalue weighted by molar-refractivity contribution is 6.10. The molecule has 4 rings (SSSR count). The Kier molecular flexibility index (Phi) is 4.76. The normalized spacial score (nSPS) is 21.5. The summed E-state index contributed by atoms with van der Waals surface area (Å²) < 4.78 is 0. The number of amides is 1. The highest BCUT2D eigenvalue weighted by Crippen LogP contribution is 2.42. The Balaban J connectivity index is 0.00000182. The largest absolute Gasteiger partial charge is 0.506 e. The van der Waals surface area contributed by atoms with Gasteiger partial charge in [-0.05, 0) is 42.2 Å². The van der Waals surface area contributed by atoms with Crippen LogP contribution in [0.25, 0.3) is 0 Å². The summed E-state index contributed by atoms with van der Waals surface area (Å²) in [5, 5.41) is 13.7. The predicted molar refractivity (Wildman–Crippen MR) is 102 cm³/mol. The third kappa shape index (κ3) is 2.70. The molecule has 2 aliphatic rings. The van der Waals surface area contributed by atoms with E-state index >= 15 is 0 Å². The number of phenols is 1. The van der Waals surface area contributed by atoms with E-state index in [1.165, 1.54) is 11.1 Å². The van der Waals surface area contributed by atoms with Gasteiger partial charge in [-0.15, -0.1) is 12.4 Å². The lowest BCUT2D eigenvalue weighted by Crippen LogP contribution is -2.48. The molecule has 2 aromatic rings. The number of hydrogen-bond donors (Lipinski definition) is 2. The average molecular weight is 359 g/mol. The molecule has 0 unspecified atom stereocenters. The van der Waals surface area contributed by atoms with Crippen molar-refractivity contribution < 1.29 is 9.90 Å². The summed E-state index contributed by atoms with van der Waals surface area (Å²) in [4.78, 5) is 15.1. The van der Waals surface area contributed by atoms with E-state index in [4.69, 9.17) is 0 Å². The monoisotopic (exact) mass is 358 g/mol. The van der Waals surface area contributed by atoms with Gasteiger partial charge >= 0.3 is 0 Å². The number of phenolic OH excluding ortho intramolecular Hbond substituents is 1. The summed E-state index contributed by atoms with van der Waals surface area (Å²) in [6, 6.07) is 11.5. The van der Waals surface area contributed by atoms with Gasteiger partial charge < -0.3 is 10.4 Å². The first kappa shape index (κ1) is 17.8. The Morgan fingerprint density at radius 2 is 2.00 bits per heavy atom. The Morgan fingerprint density at radius 3 is 2.72 bits per heavy atom. The third-order valence-corrected chi connectivity index (χ3v) is 5.32. The van der Waals surface area contributed by atoms with Gasteiger partial charge in [0.15, 0.2) is 0 Å². The van der Waals surface area contributed by atoms with Gasteiger partial charge in [0.2, 0.25) is 0 Å². The molecule has 5 heteroatoms. The van der Waals surface area contributed by atoms with Gasteiger partial charge in [-0.3, -0.25) is 9.69 Å². The van der Waals surface area contributed by atoms with Crippen molar-refractivity contribution in [1.29, 1.82) is 0 Å². The van der Waals surface area contributed by atoms with Crippen LogP contribution in [-0.2, 0) is 6.42 Å². The minimum Gasteiger partial charge on any atom is -0.506 e. The van der Waals surface area contributed by atoms with E-state index < -0.39 is 0 Å². The van der Waals surface area contributed by atoms with Crippen molar-refractivity contribution in [2.45, 2.75) is 32.2 Å². The second-order valence-electron chi connectivity index (χ2n) is 6.73. The van der Waals surface area contributed by atoms with Crippen LogP contribution in [-0.4, -0.2) is 30.1 Å². The quantitative estimate of drug-likeness (QED) is 0.865. The predicted octanol–water partition coefficient (Wildman–Crippen LogP) is 3.40. The fourth-order valence-electron chi connectivity index (χ4n) is 4.16. The topological polar surface area (TPSA) is 52.6 Å². The highest BCUT2D eigenvalue weighted by atomic mass is 35.5. The van der Waals surface area contributed by atoms with Crippen LogP contribution in [0.5, 0.6) is 5.75 Å². The summed E-state index contributed by atoms with van der Waals surface area (Å²) in [5.74, 6) is 0.418. The SMILES string of the molecule is CCc1cc(C)c2c(c1)[C@@H]1CNC[C@H]1N(c1ccccc1O)C2=O.Cl. The fraction of sp³-hybridized carbons (Fsp3) is 0.350. The van der Waals surface area contributed by atoms with Crippen LogP contribution >= 0.6 is 12.4 Å². The molecule has 0 saturated carbocycles. The molecule has 1 saturated heterocycles. The zero-order chi connectivity index (χ0) is 16.8. The molecule has 132 valence electrons. The number of para-hydroxylation sites is 2. The van der Waals surface area contributed by atoms with Crippen LogP contribution in [0.3, 0.4) is 0 Å². The van der Waals surface area contributed by atoms with Crippen LogP contribution in [0.2, 0.25) is 0 Å². The third-order valence-electron chi connectivity index (χ3n) is 5.32. The molecule has 0 bridgehead atoms. The van der Waals surface area contributed by atoms with Crippen molar-refractivity contribution in [3.05, 3.63) is 58.7 Å². The smallest absolute Gasteiger partial charge is 0.259 e. The molecule has 0 aliphatic carbocycles. The fourth-order valence-corrected chi connectivity index (χ4v) is 4.16. The van der Waals surface area contributed by atoms with Crippen molar-refractivity contribution in [2.24, 2.45) is 0 Å². The number of benzene rings is 2. The lowest BCUT2D eigenvalue weighted by atomic mass is 9.81. The number of rotatable bonds is 2. The molecule has 25 heavy (non-hydrogen) atoms. The molecule has 4 nitrogen and oxygen atoms in total. The van der Waals surface area contributed by atoms with E-state index in [9.17, 15) is 9.90 Å². The lowest BCUT2D eigenvalue weighted by Gasteiger charge is -2.39. The molecule has 2 atom stereocenters. The number of hydrogen-bond acceptors (Lipinski definition) is 3. The Bertz CT molecular complexity index is 821. The van der Waals surface area contributed by atoms with Crippen LogP contribution in [0, 0.1) is 6.92 Å². The minimum absolute atomic E-state index is 0. The maximum Gasteiger partial charge on any atom is 0.259 e. The van der Waals surface area contributed by atoms with Crippen molar-refractivity contribution in [3.8, 4) is 5.75 Å². The van der Waals surface area contributed by atoms with E-state index in [0.29, 0.717) is 5.69 Å². The Labute approximate surface area is 154 Å². The molecule has 1 amide bonds. The first-order valence-electron chi connectivity index (χ1n) is 8.57. The van der Waals surface area contributed by atoms with Crippen LogP contribution in [0.4, 0.5) is 5.69 Å². The lowest BCUT2D eigenvalue weighted by molar-refractivity contribution is 0.0964. The molecule has 0 aromatic heterocycles. The molecule has 1 fully saturated rings. The van der Waals surface area contributed by atoms with E-state index in [1.807, 2.05) is 19.1 Å². The number of nitrogens with zero attached hydrogens (tertiary/aromatic N) is 1. The van der Waals surface area contributed by atoms with E-state index in [-0.39, 0.29) is 36.0 Å². The van der Waals surface area contributed by atoms with Gasteiger partial charge in [-0.1, -0.05) is 31.2 Å². The summed E-state index contributed by atoms with van der Waals surface area (Å²) in [5.41, 5.74) is 4.88. The number of aryl methyl sites for hydroxylation is 2. The summed E-state index contributed by atoms with van der Waals surface area (Å²) in [6.45, 7) is 5.77. The second-order valence-corrected chi connectivity index (χ2v) is 6.73. The molecule has 2 aliphatic heterocycles. The highest BCUT2D eigenvalue weighted by Gasteiger charge is 2.44. The molecule has 2 heterocycles. The molecule has 2 aromatic carbocycles. The van der Waals surface area contributed by atoms with Crippen LogP contribution in [0.1, 0.15) is 39.9 Å². The van der Waals surface area contributed by atoms with E-state index in [2.05, 4.69) is 24.4 Å². The van der Waals surface area contributed by atoms with Crippen molar-refractivity contribution in [1.82, 2.24) is 5.32 Å². The second kappa shape index (κ2) is 6.70. The van der Waals surface area contributed by atoms with Gasteiger partial charge in [0, 0.05) is 24.6 Å². The zero-order valence-corrected chi connectivity index (χ0v) is 15.3. The van der Waals surface area contributed by atoms with Crippen LogP contribution < -0.4 is 10.2 Å². The van der Waals surface area contributed by atoms with E-state index in [1.54, 1.807) is 17.0 Å². The minimum atomic E-state index is -0.00315. The van der Waals surface area contributed by atoms with Crippen molar-refractivity contribution in [3.63, 3.8) is 0 Å². The first-order chi connectivity index (χ1) is 11.6. The van der Waals surface area contributed by atoms with Crippen molar-refractivity contribution in [2.75, 3.05) is 18.0 Å². The summed E-state index contributed by atoms with van der Waals surface area (Å²) in [6.07, 6.45) is 0.969. The number of anilines is 1. The summed E-state index contributed by atoms with van der Waals surface area (Å²) in [7, 11) is 0. The molecule has 0 spiro atoms. The average Bonchev–Trinajstić information content (AvgIpc) is 3.05. The van der Waals surface area contributed by atoms with Crippen LogP contribution in [0.15, 0.2) is 36.4 Å². The van der Waals surface area contributed by atoms with Gasteiger partial charge in [0.05, 0.1) is 11.7 Å². The van der Waals surface area contributed by atoms with Gasteiger partial charge in [-0.2, -0.15) is 0 Å². The molecule has 2 N–H and O–H groups in total.